The van der Waals surface area contributed by atoms with Gasteiger partial charge in [0.2, 0.25) is 10.0 Å². The molecule has 1 N–H and O–H groups in total. The number of hydrogen-bond acceptors (Lipinski definition) is 5. The number of nitrogens with zero attached hydrogens (tertiary/aromatic N) is 2. The summed E-state index contributed by atoms with van der Waals surface area (Å²) in [7, 11) is -7.52. The van der Waals surface area contributed by atoms with Gasteiger partial charge in [0.25, 0.3) is 10.0 Å². The fourth-order valence-electron chi connectivity index (χ4n) is 2.65. The van der Waals surface area contributed by atoms with Gasteiger partial charge in [0.15, 0.2) is 0 Å². The number of benzene rings is 1. The molecule has 0 bridgehead atoms. The van der Waals surface area contributed by atoms with Crippen LogP contribution in [0.2, 0.25) is 0 Å². The second-order valence-electron chi connectivity index (χ2n) is 5.33. The van der Waals surface area contributed by atoms with Crippen molar-refractivity contribution in [3.8, 4) is 0 Å². The van der Waals surface area contributed by atoms with Gasteiger partial charge in [-0.2, -0.15) is 12.7 Å². The Hall–Kier alpha value is -1.45. The summed E-state index contributed by atoms with van der Waals surface area (Å²) in [6.07, 6.45) is 4.77. The third kappa shape index (κ3) is 2.75. The van der Waals surface area contributed by atoms with E-state index in [1.165, 1.54) is 22.5 Å². The summed E-state index contributed by atoms with van der Waals surface area (Å²) in [5.74, 6) is 0. The first-order valence-corrected chi connectivity index (χ1v) is 9.99. The second-order valence-corrected chi connectivity index (χ2v) is 8.87. The fourth-order valence-corrected chi connectivity index (χ4v) is 5.25. The highest BCUT2D eigenvalue weighted by Gasteiger charge is 2.28. The molecule has 0 saturated carbocycles. The Morgan fingerprint density at radius 2 is 1.77 bits per heavy atom. The van der Waals surface area contributed by atoms with Crippen LogP contribution in [0.4, 0.5) is 5.69 Å². The van der Waals surface area contributed by atoms with Crippen LogP contribution in [0.25, 0.3) is 0 Å². The lowest BCUT2D eigenvalue weighted by Crippen LogP contribution is -2.32. The number of sulfonamides is 2. The molecular formula is C13H17N3O4S2. The van der Waals surface area contributed by atoms with Crippen LogP contribution >= 0.6 is 0 Å². The van der Waals surface area contributed by atoms with Crippen molar-refractivity contribution in [3.05, 3.63) is 18.2 Å². The summed E-state index contributed by atoms with van der Waals surface area (Å²) < 4.78 is 54.1. The Bertz CT molecular complexity index is 808. The molecule has 1 saturated heterocycles. The first-order chi connectivity index (χ1) is 10.4. The van der Waals surface area contributed by atoms with E-state index in [4.69, 9.17) is 0 Å². The van der Waals surface area contributed by atoms with E-state index in [0.717, 1.165) is 32.0 Å². The molecule has 1 aromatic rings. The lowest BCUT2D eigenvalue weighted by atomic mass is 10.2. The number of nitrogens with one attached hydrogen (secondary N) is 1. The average Bonchev–Trinajstić information content (AvgIpc) is 2.76. The van der Waals surface area contributed by atoms with Crippen molar-refractivity contribution < 1.29 is 16.8 Å². The van der Waals surface area contributed by atoms with Gasteiger partial charge in [-0.25, -0.2) is 8.42 Å². The highest BCUT2D eigenvalue weighted by Crippen LogP contribution is 2.30. The summed E-state index contributed by atoms with van der Waals surface area (Å²) >= 11 is 0. The highest BCUT2D eigenvalue weighted by molar-refractivity contribution is 7.91. The van der Waals surface area contributed by atoms with Crippen LogP contribution in [0.1, 0.15) is 25.7 Å². The minimum Gasteiger partial charge on any atom is -0.345 e. The summed E-state index contributed by atoms with van der Waals surface area (Å²) in [6, 6.07) is 4.08. The minimum atomic E-state index is -3.84. The van der Waals surface area contributed by atoms with Crippen molar-refractivity contribution in [2.45, 2.75) is 35.5 Å². The molecule has 0 radical (unpaired) electrons. The van der Waals surface area contributed by atoms with Gasteiger partial charge in [0.05, 0.1) is 10.6 Å². The molecule has 0 unspecified atom stereocenters. The lowest BCUT2D eigenvalue weighted by Gasteiger charge is -2.21. The maximum absolute atomic E-state index is 12.7. The molecule has 2 aliphatic heterocycles. The molecule has 1 fully saturated rings. The molecule has 22 heavy (non-hydrogen) atoms. The smallest absolute Gasteiger partial charge is 0.285 e. The number of hydrogen-bond donors (Lipinski definition) is 1. The summed E-state index contributed by atoms with van der Waals surface area (Å²) in [6.45, 7) is 0.950. The predicted molar refractivity (Wildman–Crippen MR) is 83.0 cm³/mol. The van der Waals surface area contributed by atoms with E-state index in [2.05, 4.69) is 9.71 Å². The molecule has 7 nitrogen and oxygen atoms in total. The molecule has 3 rings (SSSR count). The van der Waals surface area contributed by atoms with Gasteiger partial charge in [0.1, 0.15) is 11.2 Å². The Balaban J connectivity index is 2.02. The van der Waals surface area contributed by atoms with Crippen molar-refractivity contribution in [1.82, 2.24) is 4.31 Å². The summed E-state index contributed by atoms with van der Waals surface area (Å²) in [5.41, 5.74) is 0.338. The SMILES string of the molecule is O=S1(=O)N=CNc2ccc(S(=O)(=O)N3CCCCCC3)cc21. The molecule has 0 atom stereocenters. The van der Waals surface area contributed by atoms with Crippen LogP contribution in [0.15, 0.2) is 32.4 Å². The van der Waals surface area contributed by atoms with Gasteiger partial charge in [0, 0.05) is 13.1 Å². The van der Waals surface area contributed by atoms with Gasteiger partial charge in [-0.05, 0) is 31.0 Å². The fraction of sp³-hybridized carbons (Fsp3) is 0.462. The Kier molecular flexibility index (Phi) is 3.96. The maximum atomic E-state index is 12.7. The monoisotopic (exact) mass is 343 g/mol. The quantitative estimate of drug-likeness (QED) is 0.875. The van der Waals surface area contributed by atoms with Crippen molar-refractivity contribution >= 4 is 32.1 Å². The molecule has 1 aromatic carbocycles. The van der Waals surface area contributed by atoms with Crippen LogP contribution in [-0.4, -0.2) is 40.6 Å². The van der Waals surface area contributed by atoms with E-state index < -0.39 is 20.0 Å². The van der Waals surface area contributed by atoms with E-state index in [0.29, 0.717) is 18.8 Å². The molecule has 2 aliphatic rings. The largest absolute Gasteiger partial charge is 0.345 e. The van der Waals surface area contributed by atoms with Gasteiger partial charge in [-0.3, -0.25) is 0 Å². The third-order valence-corrected chi connectivity index (χ3v) is 7.02. The minimum absolute atomic E-state index is 0.00405. The predicted octanol–water partition coefficient (Wildman–Crippen LogP) is 1.39. The average molecular weight is 343 g/mol. The Morgan fingerprint density at radius 1 is 1.09 bits per heavy atom. The third-order valence-electron chi connectivity index (χ3n) is 3.85. The van der Waals surface area contributed by atoms with Gasteiger partial charge >= 0.3 is 0 Å². The van der Waals surface area contributed by atoms with Crippen LogP contribution < -0.4 is 5.32 Å². The zero-order chi connectivity index (χ0) is 15.8. The van der Waals surface area contributed by atoms with Crippen LogP contribution in [0.5, 0.6) is 0 Å². The molecule has 0 aromatic heterocycles. The van der Waals surface area contributed by atoms with Gasteiger partial charge < -0.3 is 5.32 Å². The first kappa shape index (κ1) is 15.4. The van der Waals surface area contributed by atoms with E-state index in [1.807, 2.05) is 0 Å². The normalized spacial score (nSPS) is 21.6. The van der Waals surface area contributed by atoms with Crippen molar-refractivity contribution in [1.29, 1.82) is 0 Å². The van der Waals surface area contributed by atoms with Gasteiger partial charge in [-0.15, -0.1) is 4.40 Å². The van der Waals surface area contributed by atoms with Crippen molar-refractivity contribution in [3.63, 3.8) is 0 Å². The lowest BCUT2D eigenvalue weighted by molar-refractivity contribution is 0.423. The van der Waals surface area contributed by atoms with Gasteiger partial charge in [-0.1, -0.05) is 12.8 Å². The maximum Gasteiger partial charge on any atom is 0.285 e. The van der Waals surface area contributed by atoms with Crippen molar-refractivity contribution in [2.24, 2.45) is 4.40 Å². The molecule has 2 heterocycles. The van der Waals surface area contributed by atoms with E-state index in [9.17, 15) is 16.8 Å². The number of anilines is 1. The van der Waals surface area contributed by atoms with Crippen molar-refractivity contribution in [2.75, 3.05) is 18.4 Å². The topological polar surface area (TPSA) is 95.9 Å². The molecular weight excluding hydrogens is 326 g/mol. The molecule has 0 aliphatic carbocycles. The standard InChI is InChI=1S/C13H17N3O4S2/c17-21(18)13-9-11(5-6-12(13)14-10-15-21)22(19,20)16-7-3-1-2-4-8-16/h5-6,9-10H,1-4,7-8H2,(H,14,15). The first-order valence-electron chi connectivity index (χ1n) is 7.11. The Labute approximate surface area is 130 Å². The zero-order valence-electron chi connectivity index (χ0n) is 11.9. The zero-order valence-corrected chi connectivity index (χ0v) is 13.5. The molecule has 120 valence electrons. The Morgan fingerprint density at radius 3 is 2.45 bits per heavy atom. The molecule has 0 spiro atoms. The van der Waals surface area contributed by atoms with E-state index in [-0.39, 0.29) is 9.79 Å². The second kappa shape index (κ2) is 5.64. The van der Waals surface area contributed by atoms with E-state index in [1.54, 1.807) is 0 Å². The van der Waals surface area contributed by atoms with Crippen LogP contribution in [0, 0.1) is 0 Å². The van der Waals surface area contributed by atoms with Crippen LogP contribution in [-0.2, 0) is 20.0 Å². The number of rotatable bonds is 2. The molecule has 0 amide bonds. The number of fused-ring (bicyclic) bond motifs is 1. The summed E-state index contributed by atoms with van der Waals surface area (Å²) in [4.78, 5) is -0.110. The highest BCUT2D eigenvalue weighted by atomic mass is 32.2. The van der Waals surface area contributed by atoms with E-state index >= 15 is 0 Å². The van der Waals surface area contributed by atoms with Crippen LogP contribution in [0.3, 0.4) is 0 Å². The molecule has 9 heteroatoms. The summed E-state index contributed by atoms with van der Waals surface area (Å²) in [5, 5.41) is 2.71.